The van der Waals surface area contributed by atoms with Crippen LogP contribution in [-0.4, -0.2) is 27.8 Å². The van der Waals surface area contributed by atoms with Gasteiger partial charge >= 0.3 is 0 Å². The van der Waals surface area contributed by atoms with Crippen molar-refractivity contribution >= 4 is 57.1 Å². The summed E-state index contributed by atoms with van der Waals surface area (Å²) in [7, 11) is 1.57. The van der Waals surface area contributed by atoms with Crippen molar-refractivity contribution in [3.05, 3.63) is 58.7 Å². The van der Waals surface area contributed by atoms with Gasteiger partial charge in [-0.3, -0.25) is 14.5 Å². The number of benzene rings is 2. The van der Waals surface area contributed by atoms with E-state index in [1.807, 2.05) is 47.8 Å². The average molecular weight is 451 g/mol. The second-order valence-corrected chi connectivity index (χ2v) is 8.35. The van der Waals surface area contributed by atoms with Crippen molar-refractivity contribution < 1.29 is 13.9 Å². The van der Waals surface area contributed by atoms with Gasteiger partial charge in [0, 0.05) is 16.8 Å². The Labute approximate surface area is 186 Å². The molecular formula is C22H18N4O3S2. The van der Waals surface area contributed by atoms with E-state index in [1.165, 1.54) is 11.3 Å². The molecule has 156 valence electrons. The molecule has 31 heavy (non-hydrogen) atoms. The highest BCUT2D eigenvalue weighted by Gasteiger charge is 2.23. The molecule has 3 aromatic heterocycles. The Morgan fingerprint density at radius 1 is 1.23 bits per heavy atom. The molecule has 0 saturated heterocycles. The lowest BCUT2D eigenvalue weighted by Gasteiger charge is -2.16. The van der Waals surface area contributed by atoms with Crippen molar-refractivity contribution in [3.8, 4) is 16.5 Å². The van der Waals surface area contributed by atoms with E-state index < -0.39 is 6.04 Å². The summed E-state index contributed by atoms with van der Waals surface area (Å²) in [6.07, 6.45) is 0. The molecule has 5 aromatic rings. The third kappa shape index (κ3) is 3.31. The summed E-state index contributed by atoms with van der Waals surface area (Å²) >= 11 is 6.92. The number of methoxy groups -OCH3 is 1. The molecule has 1 atom stereocenters. The van der Waals surface area contributed by atoms with E-state index in [-0.39, 0.29) is 5.91 Å². The van der Waals surface area contributed by atoms with Crippen LogP contribution in [0.3, 0.4) is 0 Å². The van der Waals surface area contributed by atoms with Gasteiger partial charge in [0.15, 0.2) is 10.6 Å². The number of rotatable bonds is 5. The van der Waals surface area contributed by atoms with Crippen LogP contribution in [0.1, 0.15) is 13.0 Å². The average Bonchev–Trinajstić information content (AvgIpc) is 3.50. The number of anilines is 1. The normalized spacial score (nSPS) is 12.3. The van der Waals surface area contributed by atoms with Crippen molar-refractivity contribution in [1.29, 1.82) is 0 Å². The van der Waals surface area contributed by atoms with Crippen molar-refractivity contribution in [2.75, 3.05) is 12.4 Å². The fourth-order valence-corrected chi connectivity index (χ4v) is 4.62. The number of aromatic nitrogens is 3. The molecule has 1 amide bonds. The number of hydrogen-bond acceptors (Lipinski definition) is 6. The van der Waals surface area contributed by atoms with Crippen LogP contribution in [0.4, 0.5) is 5.69 Å². The quantitative estimate of drug-likeness (QED) is 0.332. The van der Waals surface area contributed by atoms with Crippen LogP contribution in [0.15, 0.2) is 58.3 Å². The van der Waals surface area contributed by atoms with Crippen LogP contribution in [-0.2, 0) is 4.79 Å². The number of fused-ring (bicyclic) bond motifs is 3. The molecule has 2 aromatic carbocycles. The number of hydrogen-bond donors (Lipinski definition) is 2. The Hall–Kier alpha value is -3.43. The van der Waals surface area contributed by atoms with Gasteiger partial charge in [0.2, 0.25) is 5.91 Å². The van der Waals surface area contributed by atoms with Gasteiger partial charge in [0.25, 0.3) is 0 Å². The first-order valence-electron chi connectivity index (χ1n) is 9.57. The van der Waals surface area contributed by atoms with Crippen LogP contribution in [0, 0.1) is 4.77 Å². The second-order valence-electron chi connectivity index (χ2n) is 7.01. The molecule has 0 aliphatic carbocycles. The highest BCUT2D eigenvalue weighted by atomic mass is 32.1. The van der Waals surface area contributed by atoms with Gasteiger partial charge < -0.3 is 14.5 Å². The van der Waals surface area contributed by atoms with E-state index in [4.69, 9.17) is 21.4 Å². The predicted molar refractivity (Wildman–Crippen MR) is 124 cm³/mol. The fourth-order valence-electron chi connectivity index (χ4n) is 3.62. The number of carbonyl (C=O) groups excluding carboxylic acids is 1. The zero-order chi connectivity index (χ0) is 21.5. The largest absolute Gasteiger partial charge is 0.495 e. The zero-order valence-electron chi connectivity index (χ0n) is 16.7. The number of H-pyrrole nitrogens is 1. The first-order valence-corrected chi connectivity index (χ1v) is 10.9. The van der Waals surface area contributed by atoms with Crippen molar-refractivity contribution in [3.63, 3.8) is 0 Å². The summed E-state index contributed by atoms with van der Waals surface area (Å²) in [6.45, 7) is 1.78. The van der Waals surface area contributed by atoms with Crippen LogP contribution >= 0.6 is 23.6 Å². The molecule has 9 heteroatoms. The van der Waals surface area contributed by atoms with Gasteiger partial charge in [-0.25, -0.2) is 0 Å². The van der Waals surface area contributed by atoms with Gasteiger partial charge in [-0.05, 0) is 42.7 Å². The van der Waals surface area contributed by atoms with Crippen LogP contribution in [0.5, 0.6) is 5.75 Å². The van der Waals surface area contributed by atoms with Gasteiger partial charge in [-0.2, -0.15) is 5.10 Å². The maximum Gasteiger partial charge on any atom is 0.247 e. The summed E-state index contributed by atoms with van der Waals surface area (Å²) in [5, 5.41) is 13.9. The summed E-state index contributed by atoms with van der Waals surface area (Å²) in [6, 6.07) is 14.7. The topological polar surface area (TPSA) is 85.1 Å². The van der Waals surface area contributed by atoms with E-state index in [9.17, 15) is 4.79 Å². The number of amides is 1. The summed E-state index contributed by atoms with van der Waals surface area (Å²) < 4.78 is 13.6. The molecule has 5 rings (SSSR count). The third-order valence-corrected chi connectivity index (χ3v) is 6.32. The Balaban J connectivity index is 1.51. The molecule has 0 fully saturated rings. The minimum atomic E-state index is -0.598. The SMILES string of the molecule is COc1cc2c(cc1NC(=O)C(C)n1c(-c3cccs3)n[nH]c1=S)oc1ccccc12. The van der Waals surface area contributed by atoms with Crippen LogP contribution in [0.25, 0.3) is 32.6 Å². The predicted octanol–water partition coefficient (Wildman–Crippen LogP) is 5.78. The number of nitrogens with one attached hydrogen (secondary N) is 2. The van der Waals surface area contributed by atoms with E-state index in [0.717, 1.165) is 21.2 Å². The molecule has 0 saturated carbocycles. The highest BCUT2D eigenvalue weighted by molar-refractivity contribution is 7.71. The molecule has 0 radical (unpaired) electrons. The molecule has 0 aliphatic rings. The number of ether oxygens (including phenoxy) is 1. The van der Waals surface area contributed by atoms with E-state index in [0.29, 0.717) is 27.6 Å². The Morgan fingerprint density at radius 3 is 2.84 bits per heavy atom. The molecule has 2 N–H and O–H groups in total. The van der Waals surface area contributed by atoms with Gasteiger partial charge in [0.1, 0.15) is 23.0 Å². The lowest BCUT2D eigenvalue weighted by molar-refractivity contribution is -0.118. The van der Waals surface area contributed by atoms with Crippen molar-refractivity contribution in [2.45, 2.75) is 13.0 Å². The summed E-state index contributed by atoms with van der Waals surface area (Å²) in [4.78, 5) is 14.1. The zero-order valence-corrected chi connectivity index (χ0v) is 18.3. The smallest absolute Gasteiger partial charge is 0.247 e. The molecule has 0 spiro atoms. The molecule has 7 nitrogen and oxygen atoms in total. The van der Waals surface area contributed by atoms with E-state index in [2.05, 4.69) is 15.5 Å². The molecule has 0 aliphatic heterocycles. The number of furan rings is 1. The standard InChI is InChI=1S/C22H18N4O3S2/c1-12(26-20(24-25-22(26)30)19-8-5-9-31-19)21(27)23-15-11-17-14(10-18(15)28-2)13-6-3-4-7-16(13)29-17/h3-12H,1-2H3,(H,23,27)(H,25,30). The van der Waals surface area contributed by atoms with Crippen LogP contribution < -0.4 is 10.1 Å². The molecule has 0 bridgehead atoms. The molecule has 1 unspecified atom stereocenters. The maximum absolute atomic E-state index is 13.2. The number of aromatic amines is 1. The van der Waals surface area contributed by atoms with Gasteiger partial charge in [0.05, 0.1) is 17.7 Å². The number of thiophene rings is 1. The first-order chi connectivity index (χ1) is 15.1. The molecular weight excluding hydrogens is 432 g/mol. The monoisotopic (exact) mass is 450 g/mol. The second kappa shape index (κ2) is 7.68. The highest BCUT2D eigenvalue weighted by Crippen LogP contribution is 2.36. The van der Waals surface area contributed by atoms with E-state index in [1.54, 1.807) is 24.7 Å². The minimum absolute atomic E-state index is 0.246. The third-order valence-electron chi connectivity index (χ3n) is 5.17. The lowest BCUT2D eigenvalue weighted by atomic mass is 10.1. The summed E-state index contributed by atoms with van der Waals surface area (Å²) in [5.41, 5.74) is 1.98. The molecule has 3 heterocycles. The maximum atomic E-state index is 13.2. The Bertz CT molecular complexity index is 1460. The Morgan fingerprint density at radius 2 is 2.06 bits per heavy atom. The number of para-hydroxylation sites is 1. The first kappa shape index (κ1) is 19.5. The lowest BCUT2D eigenvalue weighted by Crippen LogP contribution is -2.24. The number of nitrogens with zero attached hydrogens (tertiary/aromatic N) is 2. The van der Waals surface area contributed by atoms with Gasteiger partial charge in [-0.15, -0.1) is 11.3 Å². The van der Waals surface area contributed by atoms with Gasteiger partial charge in [-0.1, -0.05) is 24.3 Å². The number of carbonyl (C=O) groups is 1. The van der Waals surface area contributed by atoms with E-state index >= 15 is 0 Å². The van der Waals surface area contributed by atoms with Crippen molar-refractivity contribution in [2.24, 2.45) is 0 Å². The fraction of sp³-hybridized carbons (Fsp3) is 0.136. The Kier molecular flexibility index (Phi) is 4.84. The summed E-state index contributed by atoms with van der Waals surface area (Å²) in [5.74, 6) is 0.931. The van der Waals surface area contributed by atoms with Crippen LogP contribution in [0.2, 0.25) is 0 Å². The van der Waals surface area contributed by atoms with Crippen molar-refractivity contribution in [1.82, 2.24) is 14.8 Å². The minimum Gasteiger partial charge on any atom is -0.495 e.